The summed E-state index contributed by atoms with van der Waals surface area (Å²) in [6, 6.07) is 4.01. The number of nitrogens with one attached hydrogen (secondary N) is 1. The summed E-state index contributed by atoms with van der Waals surface area (Å²) in [5.74, 6) is -0.0248. The summed E-state index contributed by atoms with van der Waals surface area (Å²) >= 11 is 0. The fraction of sp³-hybridized carbons (Fsp3) is 0.500. The molecule has 3 N–H and O–H groups in total. The Hall–Kier alpha value is -1.60. The lowest BCUT2D eigenvalue weighted by atomic mass is 10.00. The number of primary sulfonamides is 1. The van der Waals surface area contributed by atoms with Gasteiger partial charge in [-0.25, -0.2) is 13.6 Å². The highest BCUT2D eigenvalue weighted by Gasteiger charge is 2.31. The Morgan fingerprint density at radius 2 is 1.95 bits per heavy atom. The van der Waals surface area contributed by atoms with Crippen LogP contribution in [0.1, 0.15) is 43.0 Å². The average Bonchev–Trinajstić information content (AvgIpc) is 2.83. The normalized spacial score (nSPS) is 17.5. The van der Waals surface area contributed by atoms with Crippen LogP contribution in [0.3, 0.4) is 0 Å². The molecule has 0 heterocycles. The topological polar surface area (TPSA) is 98.5 Å². The summed E-state index contributed by atoms with van der Waals surface area (Å²) in [7, 11) is -2.43. The summed E-state index contributed by atoms with van der Waals surface area (Å²) < 4.78 is 28.0. The zero-order chi connectivity index (χ0) is 15.7. The number of nitrogens with two attached hydrogens (primary N) is 1. The maximum absolute atomic E-state index is 12.4. The third kappa shape index (κ3) is 3.54. The van der Waals surface area contributed by atoms with E-state index in [4.69, 9.17) is 9.88 Å². The van der Waals surface area contributed by atoms with Crippen LogP contribution in [-0.4, -0.2) is 27.0 Å². The molecule has 1 amide bonds. The number of sulfonamides is 1. The summed E-state index contributed by atoms with van der Waals surface area (Å²) in [5.41, 5.74) is -0.0724. The highest BCUT2D eigenvalue weighted by Crippen LogP contribution is 2.30. The Bertz CT molecular complexity index is 649. The van der Waals surface area contributed by atoms with Crippen LogP contribution in [0.25, 0.3) is 0 Å². The molecular formula is C14H20N2O4S. The predicted molar refractivity (Wildman–Crippen MR) is 78.7 cm³/mol. The Labute approximate surface area is 124 Å². The van der Waals surface area contributed by atoms with E-state index in [1.54, 1.807) is 0 Å². The average molecular weight is 312 g/mol. The molecule has 1 saturated carbocycles. The maximum Gasteiger partial charge on any atom is 0.255 e. The van der Waals surface area contributed by atoms with Crippen LogP contribution in [0.5, 0.6) is 5.75 Å². The molecule has 21 heavy (non-hydrogen) atoms. The Morgan fingerprint density at radius 1 is 1.33 bits per heavy atom. The van der Waals surface area contributed by atoms with E-state index in [0.29, 0.717) is 5.75 Å². The minimum Gasteiger partial charge on any atom is -0.496 e. The summed E-state index contributed by atoms with van der Waals surface area (Å²) in [6.07, 6.45) is 3.97. The van der Waals surface area contributed by atoms with Gasteiger partial charge in [0, 0.05) is 5.54 Å². The van der Waals surface area contributed by atoms with Crippen molar-refractivity contribution in [3.63, 3.8) is 0 Å². The van der Waals surface area contributed by atoms with Crippen LogP contribution in [-0.2, 0) is 10.0 Å². The van der Waals surface area contributed by atoms with Gasteiger partial charge in [-0.15, -0.1) is 0 Å². The highest BCUT2D eigenvalue weighted by molar-refractivity contribution is 7.89. The van der Waals surface area contributed by atoms with E-state index in [0.717, 1.165) is 25.7 Å². The Morgan fingerprint density at radius 3 is 2.48 bits per heavy atom. The Balaban J connectivity index is 2.34. The van der Waals surface area contributed by atoms with E-state index in [-0.39, 0.29) is 21.9 Å². The van der Waals surface area contributed by atoms with Crippen LogP contribution in [0.4, 0.5) is 0 Å². The molecule has 1 fully saturated rings. The van der Waals surface area contributed by atoms with Crippen molar-refractivity contribution in [2.24, 2.45) is 5.14 Å². The van der Waals surface area contributed by atoms with Crippen molar-refractivity contribution in [3.8, 4) is 5.75 Å². The van der Waals surface area contributed by atoms with Crippen LogP contribution in [0.15, 0.2) is 23.1 Å². The molecule has 0 atom stereocenters. The van der Waals surface area contributed by atoms with Gasteiger partial charge in [0.15, 0.2) is 0 Å². The highest BCUT2D eigenvalue weighted by atomic mass is 32.2. The zero-order valence-electron chi connectivity index (χ0n) is 12.2. The van der Waals surface area contributed by atoms with Gasteiger partial charge in [-0.3, -0.25) is 4.79 Å². The molecule has 0 spiro atoms. The summed E-state index contributed by atoms with van der Waals surface area (Å²) in [6.45, 7) is 1.99. The lowest BCUT2D eigenvalue weighted by molar-refractivity contribution is 0.0905. The van der Waals surface area contributed by atoms with Crippen molar-refractivity contribution in [2.75, 3.05) is 7.11 Å². The quantitative estimate of drug-likeness (QED) is 0.878. The molecule has 2 rings (SSSR count). The van der Waals surface area contributed by atoms with Gasteiger partial charge in [0.05, 0.1) is 17.6 Å². The fourth-order valence-electron chi connectivity index (χ4n) is 2.66. The molecule has 0 radical (unpaired) electrons. The van der Waals surface area contributed by atoms with E-state index in [2.05, 4.69) is 5.32 Å². The first-order valence-electron chi connectivity index (χ1n) is 6.78. The van der Waals surface area contributed by atoms with Crippen molar-refractivity contribution >= 4 is 15.9 Å². The number of ether oxygens (including phenoxy) is 1. The van der Waals surface area contributed by atoms with E-state index >= 15 is 0 Å². The number of carbonyl (C=O) groups excluding carboxylic acids is 1. The molecule has 1 aromatic rings. The van der Waals surface area contributed by atoms with Crippen LogP contribution in [0.2, 0.25) is 0 Å². The van der Waals surface area contributed by atoms with E-state index in [9.17, 15) is 13.2 Å². The van der Waals surface area contributed by atoms with Gasteiger partial charge in [-0.1, -0.05) is 12.8 Å². The molecule has 0 unspecified atom stereocenters. The van der Waals surface area contributed by atoms with E-state index in [1.807, 2.05) is 6.92 Å². The van der Waals surface area contributed by atoms with Gasteiger partial charge in [-0.05, 0) is 38.0 Å². The molecule has 1 aromatic carbocycles. The molecule has 116 valence electrons. The number of methoxy groups -OCH3 is 1. The second-order valence-corrected chi connectivity index (χ2v) is 7.19. The summed E-state index contributed by atoms with van der Waals surface area (Å²) in [5, 5.41) is 8.08. The number of carbonyl (C=O) groups is 1. The third-order valence-corrected chi connectivity index (χ3v) is 4.78. The second kappa shape index (κ2) is 5.65. The molecule has 7 heteroatoms. The molecule has 6 nitrogen and oxygen atoms in total. The number of benzene rings is 1. The van der Waals surface area contributed by atoms with E-state index in [1.165, 1.54) is 25.3 Å². The minimum atomic E-state index is -3.86. The molecule has 0 saturated heterocycles. The number of rotatable bonds is 4. The second-order valence-electron chi connectivity index (χ2n) is 5.63. The van der Waals surface area contributed by atoms with E-state index < -0.39 is 10.0 Å². The predicted octanol–water partition coefficient (Wildman–Crippen LogP) is 1.41. The number of hydrogen-bond donors (Lipinski definition) is 2. The smallest absolute Gasteiger partial charge is 0.255 e. The van der Waals surface area contributed by atoms with Crippen molar-refractivity contribution in [1.82, 2.24) is 5.32 Å². The van der Waals surface area contributed by atoms with Crippen LogP contribution >= 0.6 is 0 Å². The number of hydrogen-bond acceptors (Lipinski definition) is 4. The van der Waals surface area contributed by atoms with Gasteiger partial charge < -0.3 is 10.1 Å². The lowest BCUT2D eigenvalue weighted by Gasteiger charge is -2.25. The Kier molecular flexibility index (Phi) is 4.25. The minimum absolute atomic E-state index is 0.106. The van der Waals surface area contributed by atoms with Crippen molar-refractivity contribution in [3.05, 3.63) is 23.8 Å². The summed E-state index contributed by atoms with van der Waals surface area (Å²) in [4.78, 5) is 12.3. The van der Waals surface area contributed by atoms with Gasteiger partial charge in [-0.2, -0.15) is 0 Å². The van der Waals surface area contributed by atoms with Gasteiger partial charge in [0.25, 0.3) is 5.91 Å². The lowest BCUT2D eigenvalue weighted by Crippen LogP contribution is -2.43. The molecule has 0 aliphatic heterocycles. The van der Waals surface area contributed by atoms with Crippen LogP contribution < -0.4 is 15.2 Å². The van der Waals surface area contributed by atoms with Gasteiger partial charge in [0.2, 0.25) is 10.0 Å². The molecule has 0 aromatic heterocycles. The molecule has 1 aliphatic rings. The largest absolute Gasteiger partial charge is 0.496 e. The third-order valence-electron chi connectivity index (χ3n) is 3.87. The van der Waals surface area contributed by atoms with Crippen molar-refractivity contribution in [2.45, 2.75) is 43.0 Å². The maximum atomic E-state index is 12.4. The van der Waals surface area contributed by atoms with Crippen LogP contribution in [0, 0.1) is 0 Å². The van der Waals surface area contributed by atoms with Gasteiger partial charge >= 0.3 is 0 Å². The monoisotopic (exact) mass is 312 g/mol. The zero-order valence-corrected chi connectivity index (χ0v) is 13.0. The molecule has 1 aliphatic carbocycles. The first-order valence-corrected chi connectivity index (χ1v) is 8.33. The first kappa shape index (κ1) is 15.8. The molecule has 0 bridgehead atoms. The fourth-order valence-corrected chi connectivity index (χ4v) is 3.20. The van der Waals surface area contributed by atoms with Crippen molar-refractivity contribution in [1.29, 1.82) is 0 Å². The van der Waals surface area contributed by atoms with Gasteiger partial charge in [0.1, 0.15) is 5.75 Å². The standard InChI is InChI=1S/C14H20N2O4S/c1-14(7-3-4-8-14)16-13(17)11-9-10(21(15,18)19)5-6-12(11)20-2/h5-6,9H,3-4,7-8H2,1-2H3,(H,16,17)(H2,15,18,19). The first-order chi connectivity index (χ1) is 9.75. The number of amides is 1. The SMILES string of the molecule is COc1ccc(S(N)(=O)=O)cc1C(=O)NC1(C)CCCC1. The molecular weight excluding hydrogens is 292 g/mol. The van der Waals surface area contributed by atoms with Crippen molar-refractivity contribution < 1.29 is 17.9 Å².